The number of hydrogen-bond acceptors (Lipinski definition) is 5. The molecule has 1 fully saturated rings. The number of ether oxygens (including phenoxy) is 1. The first-order valence-corrected chi connectivity index (χ1v) is 9.96. The van der Waals surface area contributed by atoms with Gasteiger partial charge in [0, 0.05) is 19.5 Å². The zero-order valence-corrected chi connectivity index (χ0v) is 15.2. The van der Waals surface area contributed by atoms with Crippen molar-refractivity contribution >= 4 is 10.0 Å². The van der Waals surface area contributed by atoms with Gasteiger partial charge in [-0.25, -0.2) is 18.1 Å². The van der Waals surface area contributed by atoms with Crippen LogP contribution >= 0.6 is 0 Å². The van der Waals surface area contributed by atoms with Gasteiger partial charge in [-0.15, -0.1) is 0 Å². The van der Waals surface area contributed by atoms with Crippen molar-refractivity contribution in [1.29, 1.82) is 0 Å². The van der Waals surface area contributed by atoms with Crippen molar-refractivity contribution in [1.82, 2.24) is 19.1 Å². The molecule has 134 valence electrons. The Morgan fingerprint density at radius 3 is 2.68 bits per heavy atom. The molecular weight excluding hydrogens is 340 g/mol. The summed E-state index contributed by atoms with van der Waals surface area (Å²) >= 11 is 0. The van der Waals surface area contributed by atoms with Gasteiger partial charge >= 0.3 is 0 Å². The lowest BCUT2D eigenvalue weighted by Gasteiger charge is -2.31. The van der Waals surface area contributed by atoms with E-state index in [1.165, 1.54) is 6.33 Å². The lowest BCUT2D eigenvalue weighted by atomic mass is 10.0. The summed E-state index contributed by atoms with van der Waals surface area (Å²) in [6.45, 7) is 4.90. The molecule has 0 radical (unpaired) electrons. The lowest BCUT2D eigenvalue weighted by Crippen LogP contribution is -2.39. The Kier molecular flexibility index (Phi) is 3.84. The minimum atomic E-state index is -3.57. The van der Waals surface area contributed by atoms with E-state index in [2.05, 4.69) is 10.1 Å². The summed E-state index contributed by atoms with van der Waals surface area (Å²) in [4.78, 5) is 4.26. The van der Waals surface area contributed by atoms with Crippen molar-refractivity contribution in [3.8, 4) is 5.75 Å². The van der Waals surface area contributed by atoms with Gasteiger partial charge in [-0.1, -0.05) is 12.1 Å². The molecule has 25 heavy (non-hydrogen) atoms. The van der Waals surface area contributed by atoms with Crippen LogP contribution in [0.5, 0.6) is 5.75 Å². The summed E-state index contributed by atoms with van der Waals surface area (Å²) in [5.41, 5.74) is 0.595. The van der Waals surface area contributed by atoms with Crippen molar-refractivity contribution in [2.75, 3.05) is 13.1 Å². The van der Waals surface area contributed by atoms with Crippen molar-refractivity contribution in [3.63, 3.8) is 0 Å². The third kappa shape index (κ3) is 2.93. The molecule has 0 aliphatic carbocycles. The molecule has 0 unspecified atom stereocenters. The van der Waals surface area contributed by atoms with Gasteiger partial charge in [0.1, 0.15) is 28.9 Å². The SMILES string of the molecule is CC1(C)Cc2cccc(S(=O)(=O)N3CCC(n4cncn4)CC3)c2O1. The molecule has 0 atom stereocenters. The van der Waals surface area contributed by atoms with Crippen molar-refractivity contribution in [3.05, 3.63) is 36.4 Å². The van der Waals surface area contributed by atoms with Gasteiger partial charge < -0.3 is 4.74 Å². The van der Waals surface area contributed by atoms with Crippen LogP contribution in [0.3, 0.4) is 0 Å². The van der Waals surface area contributed by atoms with Crippen LogP contribution in [0.25, 0.3) is 0 Å². The number of aromatic nitrogens is 3. The van der Waals surface area contributed by atoms with Crippen molar-refractivity contribution in [2.45, 2.75) is 49.6 Å². The largest absolute Gasteiger partial charge is 0.486 e. The molecule has 7 nitrogen and oxygen atoms in total. The molecule has 4 rings (SSSR count). The van der Waals surface area contributed by atoms with Gasteiger partial charge in [-0.2, -0.15) is 9.40 Å². The Hall–Kier alpha value is -1.93. The van der Waals surface area contributed by atoms with E-state index in [-0.39, 0.29) is 16.5 Å². The van der Waals surface area contributed by atoms with E-state index >= 15 is 0 Å². The van der Waals surface area contributed by atoms with Crippen LogP contribution < -0.4 is 4.74 Å². The van der Waals surface area contributed by atoms with Crippen LogP contribution in [-0.2, 0) is 16.4 Å². The number of sulfonamides is 1. The van der Waals surface area contributed by atoms with E-state index in [0.717, 1.165) is 24.8 Å². The highest BCUT2D eigenvalue weighted by Gasteiger charge is 2.38. The molecule has 0 saturated carbocycles. The first-order valence-electron chi connectivity index (χ1n) is 8.52. The first kappa shape index (κ1) is 16.5. The molecule has 2 aliphatic rings. The van der Waals surface area contributed by atoms with Crippen molar-refractivity contribution in [2.24, 2.45) is 0 Å². The summed E-state index contributed by atoms with van der Waals surface area (Å²) in [5, 5.41) is 4.17. The van der Waals surface area contributed by atoms with Crippen LogP contribution in [0.4, 0.5) is 0 Å². The second-order valence-corrected chi connectivity index (χ2v) is 9.20. The molecule has 0 amide bonds. The summed E-state index contributed by atoms with van der Waals surface area (Å²) in [6, 6.07) is 5.60. The van der Waals surface area contributed by atoms with Gasteiger partial charge in [-0.3, -0.25) is 0 Å². The van der Waals surface area contributed by atoms with Crippen LogP contribution in [0.15, 0.2) is 35.7 Å². The highest BCUT2D eigenvalue weighted by atomic mass is 32.2. The van der Waals surface area contributed by atoms with Gasteiger partial charge in [0.05, 0.1) is 6.04 Å². The highest BCUT2D eigenvalue weighted by molar-refractivity contribution is 7.89. The molecule has 2 aliphatic heterocycles. The summed E-state index contributed by atoms with van der Waals surface area (Å²) in [5.74, 6) is 0.519. The molecule has 0 spiro atoms. The van der Waals surface area contributed by atoms with Crippen LogP contribution in [-0.4, -0.2) is 46.2 Å². The number of nitrogens with zero attached hydrogens (tertiary/aromatic N) is 4. The zero-order valence-electron chi connectivity index (χ0n) is 14.4. The minimum Gasteiger partial charge on any atom is -0.486 e. The highest BCUT2D eigenvalue weighted by Crippen LogP contribution is 2.41. The number of hydrogen-bond donors (Lipinski definition) is 0. The van der Waals surface area contributed by atoms with Crippen LogP contribution in [0, 0.1) is 0 Å². The monoisotopic (exact) mass is 362 g/mol. The van der Waals surface area contributed by atoms with E-state index in [1.807, 2.05) is 24.6 Å². The Bertz CT molecular complexity index is 869. The predicted molar refractivity (Wildman–Crippen MR) is 91.9 cm³/mol. The number of rotatable bonds is 3. The summed E-state index contributed by atoms with van der Waals surface area (Å²) in [7, 11) is -3.57. The van der Waals surface area contributed by atoms with Gasteiger partial charge in [0.25, 0.3) is 0 Å². The summed E-state index contributed by atoms with van der Waals surface area (Å²) in [6.07, 6.45) is 5.37. The minimum absolute atomic E-state index is 0.200. The molecule has 2 aromatic rings. The third-order valence-electron chi connectivity index (χ3n) is 4.91. The molecular formula is C17H22N4O3S. The predicted octanol–water partition coefficient (Wildman–Crippen LogP) is 2.02. The second-order valence-electron chi connectivity index (χ2n) is 7.29. The van der Waals surface area contributed by atoms with E-state index in [4.69, 9.17) is 4.74 Å². The average Bonchev–Trinajstić information content (AvgIpc) is 3.20. The number of piperidine rings is 1. The smallest absolute Gasteiger partial charge is 0.246 e. The van der Waals surface area contributed by atoms with Gasteiger partial charge in [0.15, 0.2) is 0 Å². The molecule has 0 N–H and O–H groups in total. The molecule has 1 saturated heterocycles. The molecule has 0 bridgehead atoms. The fourth-order valence-electron chi connectivity index (χ4n) is 3.68. The standard InChI is InChI=1S/C17H22N4O3S/c1-17(2)10-13-4-3-5-15(16(13)24-17)25(22,23)20-8-6-14(7-9-20)21-12-18-11-19-21/h3-5,11-12,14H,6-10H2,1-2H3. The number of para-hydroxylation sites is 1. The van der Waals surface area contributed by atoms with E-state index in [9.17, 15) is 8.42 Å². The van der Waals surface area contributed by atoms with Crippen LogP contribution in [0.1, 0.15) is 38.3 Å². The van der Waals surface area contributed by atoms with Gasteiger partial charge in [-0.05, 0) is 38.3 Å². The quantitative estimate of drug-likeness (QED) is 0.835. The Labute approximate surface area is 147 Å². The van der Waals surface area contributed by atoms with Crippen molar-refractivity contribution < 1.29 is 13.2 Å². The van der Waals surface area contributed by atoms with E-state index < -0.39 is 10.0 Å². The fraction of sp³-hybridized carbons (Fsp3) is 0.529. The Morgan fingerprint density at radius 2 is 2.00 bits per heavy atom. The topological polar surface area (TPSA) is 77.3 Å². The Morgan fingerprint density at radius 1 is 1.24 bits per heavy atom. The van der Waals surface area contributed by atoms with Crippen LogP contribution in [0.2, 0.25) is 0 Å². The lowest BCUT2D eigenvalue weighted by molar-refractivity contribution is 0.134. The maximum absolute atomic E-state index is 13.2. The first-order chi connectivity index (χ1) is 11.9. The average molecular weight is 362 g/mol. The fourth-order valence-corrected chi connectivity index (χ4v) is 5.31. The van der Waals surface area contributed by atoms with E-state index in [0.29, 0.717) is 18.8 Å². The molecule has 1 aromatic heterocycles. The molecule has 1 aromatic carbocycles. The number of fused-ring (bicyclic) bond motifs is 1. The van der Waals surface area contributed by atoms with Gasteiger partial charge in [0.2, 0.25) is 10.0 Å². The normalized spacial score (nSPS) is 21.0. The third-order valence-corrected chi connectivity index (χ3v) is 6.83. The second kappa shape index (κ2) is 5.81. The number of benzene rings is 1. The maximum atomic E-state index is 13.2. The van der Waals surface area contributed by atoms with E-state index in [1.54, 1.807) is 22.8 Å². The molecule has 8 heteroatoms. The zero-order chi connectivity index (χ0) is 17.7. The Balaban J connectivity index is 1.57. The maximum Gasteiger partial charge on any atom is 0.246 e. The summed E-state index contributed by atoms with van der Waals surface area (Å²) < 4.78 is 35.7. The molecule has 3 heterocycles.